The van der Waals surface area contributed by atoms with Gasteiger partial charge in [0.2, 0.25) is 6.79 Å². The largest absolute Gasteiger partial charge is 0.480 e. The normalized spacial score (nSPS) is 14.4. The van der Waals surface area contributed by atoms with Crippen molar-refractivity contribution in [1.29, 1.82) is 0 Å². The monoisotopic (exact) mass is 235 g/mol. The maximum atomic E-state index is 11.1. The first-order chi connectivity index (χ1) is 8.22. The van der Waals surface area contributed by atoms with Crippen LogP contribution in [0.1, 0.15) is 11.6 Å². The lowest BCUT2D eigenvalue weighted by atomic mass is 10.1. The Morgan fingerprint density at radius 2 is 2.29 bits per heavy atom. The van der Waals surface area contributed by atoms with Gasteiger partial charge < -0.3 is 14.6 Å². The van der Waals surface area contributed by atoms with Gasteiger partial charge in [0, 0.05) is 6.54 Å². The van der Waals surface area contributed by atoms with Gasteiger partial charge in [-0.1, -0.05) is 12.1 Å². The molecule has 5 nitrogen and oxygen atoms in total. The zero-order valence-electron chi connectivity index (χ0n) is 9.18. The molecule has 0 bridgehead atoms. The topological polar surface area (TPSA) is 67.8 Å². The van der Waals surface area contributed by atoms with Gasteiger partial charge in [0.1, 0.15) is 6.04 Å². The van der Waals surface area contributed by atoms with E-state index in [1.807, 2.05) is 0 Å². The number of carboxylic acids is 1. The molecule has 0 saturated carbocycles. The fraction of sp³-hybridized carbons (Fsp3) is 0.250. The third-order valence-corrected chi connectivity index (χ3v) is 2.44. The highest BCUT2D eigenvalue weighted by Crippen LogP contribution is 2.34. The molecule has 17 heavy (non-hydrogen) atoms. The molecule has 0 amide bonds. The molecule has 5 heteroatoms. The van der Waals surface area contributed by atoms with Crippen molar-refractivity contribution in [2.24, 2.45) is 0 Å². The van der Waals surface area contributed by atoms with Crippen LogP contribution >= 0.6 is 0 Å². The van der Waals surface area contributed by atoms with E-state index < -0.39 is 12.0 Å². The second-order valence-electron chi connectivity index (χ2n) is 3.58. The summed E-state index contributed by atoms with van der Waals surface area (Å²) in [6.45, 7) is 4.14. The van der Waals surface area contributed by atoms with E-state index in [1.54, 1.807) is 24.3 Å². The van der Waals surface area contributed by atoms with Crippen LogP contribution in [0.4, 0.5) is 0 Å². The Morgan fingerprint density at radius 3 is 3.00 bits per heavy atom. The van der Waals surface area contributed by atoms with Crippen LogP contribution in [-0.4, -0.2) is 24.4 Å². The Labute approximate surface area is 98.7 Å². The molecule has 0 aliphatic carbocycles. The Balaban J connectivity index is 2.23. The zero-order chi connectivity index (χ0) is 12.3. The maximum absolute atomic E-state index is 11.1. The lowest BCUT2D eigenvalue weighted by molar-refractivity contribution is -0.139. The second-order valence-corrected chi connectivity index (χ2v) is 3.58. The third-order valence-electron chi connectivity index (χ3n) is 2.44. The molecule has 0 spiro atoms. The van der Waals surface area contributed by atoms with Crippen molar-refractivity contribution in [2.45, 2.75) is 6.04 Å². The van der Waals surface area contributed by atoms with Crippen LogP contribution in [-0.2, 0) is 4.79 Å². The first-order valence-corrected chi connectivity index (χ1v) is 5.19. The average Bonchev–Trinajstić information content (AvgIpc) is 2.76. The van der Waals surface area contributed by atoms with E-state index in [1.165, 1.54) is 0 Å². The van der Waals surface area contributed by atoms with E-state index in [9.17, 15) is 4.79 Å². The van der Waals surface area contributed by atoms with E-state index in [-0.39, 0.29) is 6.79 Å². The third kappa shape index (κ3) is 2.39. The molecule has 0 fully saturated rings. The Morgan fingerprint density at radius 1 is 1.53 bits per heavy atom. The van der Waals surface area contributed by atoms with Crippen LogP contribution in [0.5, 0.6) is 11.5 Å². The van der Waals surface area contributed by atoms with Crippen molar-refractivity contribution in [1.82, 2.24) is 5.32 Å². The zero-order valence-corrected chi connectivity index (χ0v) is 9.18. The predicted molar refractivity (Wildman–Crippen MR) is 61.1 cm³/mol. The van der Waals surface area contributed by atoms with Crippen molar-refractivity contribution in [3.05, 3.63) is 36.4 Å². The van der Waals surface area contributed by atoms with Crippen molar-refractivity contribution in [3.63, 3.8) is 0 Å². The summed E-state index contributed by atoms with van der Waals surface area (Å²) >= 11 is 0. The second kappa shape index (κ2) is 4.88. The number of aliphatic carboxylic acids is 1. The van der Waals surface area contributed by atoms with Crippen LogP contribution in [0.25, 0.3) is 0 Å². The van der Waals surface area contributed by atoms with Crippen LogP contribution < -0.4 is 14.8 Å². The number of carboxylic acid groups (broad SMARTS) is 1. The van der Waals surface area contributed by atoms with Gasteiger partial charge in [0.05, 0.1) is 0 Å². The minimum Gasteiger partial charge on any atom is -0.480 e. The highest BCUT2D eigenvalue weighted by atomic mass is 16.7. The molecule has 0 radical (unpaired) electrons. The van der Waals surface area contributed by atoms with Crippen LogP contribution in [0.2, 0.25) is 0 Å². The molecule has 0 saturated heterocycles. The quantitative estimate of drug-likeness (QED) is 0.753. The van der Waals surface area contributed by atoms with Crippen molar-refractivity contribution >= 4 is 5.97 Å². The Hall–Kier alpha value is -2.01. The van der Waals surface area contributed by atoms with Gasteiger partial charge in [0.25, 0.3) is 0 Å². The standard InChI is InChI=1S/C12H13NO4/c1-2-5-13-11(12(14)15)8-3-4-9-10(6-8)17-7-16-9/h2-4,6,11,13H,1,5,7H2,(H,14,15). The van der Waals surface area contributed by atoms with Gasteiger partial charge in [-0.25, -0.2) is 0 Å². The molecule has 1 atom stereocenters. The van der Waals surface area contributed by atoms with Gasteiger partial charge in [0.15, 0.2) is 11.5 Å². The molecule has 1 aromatic rings. The first-order valence-electron chi connectivity index (χ1n) is 5.19. The number of hydrogen-bond acceptors (Lipinski definition) is 4. The summed E-state index contributed by atoms with van der Waals surface area (Å²) in [4.78, 5) is 11.1. The summed E-state index contributed by atoms with van der Waals surface area (Å²) in [7, 11) is 0. The van der Waals surface area contributed by atoms with Crippen molar-refractivity contribution in [3.8, 4) is 11.5 Å². The number of carbonyl (C=O) groups is 1. The van der Waals surface area contributed by atoms with E-state index in [0.717, 1.165) is 0 Å². The first kappa shape index (κ1) is 11.5. The highest BCUT2D eigenvalue weighted by Gasteiger charge is 2.22. The SMILES string of the molecule is C=CCNC(C(=O)O)c1ccc2c(c1)OCO2. The number of nitrogens with one attached hydrogen (secondary N) is 1. The molecule has 1 aromatic carbocycles. The highest BCUT2D eigenvalue weighted by molar-refractivity contribution is 5.76. The summed E-state index contributed by atoms with van der Waals surface area (Å²) in [5.41, 5.74) is 0.628. The van der Waals surface area contributed by atoms with Gasteiger partial charge in [-0.05, 0) is 17.7 Å². The number of rotatable bonds is 5. The smallest absolute Gasteiger partial charge is 0.325 e. The number of fused-ring (bicyclic) bond motifs is 1. The molecule has 1 aliphatic rings. The van der Waals surface area contributed by atoms with E-state index >= 15 is 0 Å². The summed E-state index contributed by atoms with van der Waals surface area (Å²) in [5, 5.41) is 12.0. The minimum atomic E-state index is -0.939. The molecule has 90 valence electrons. The average molecular weight is 235 g/mol. The van der Waals surface area contributed by atoms with Gasteiger partial charge in [-0.3, -0.25) is 10.1 Å². The summed E-state index contributed by atoms with van der Waals surface area (Å²) in [5.74, 6) is 0.279. The Kier molecular flexibility index (Phi) is 3.30. The lowest BCUT2D eigenvalue weighted by Crippen LogP contribution is -2.28. The Bertz CT molecular complexity index is 444. The number of benzene rings is 1. The maximum Gasteiger partial charge on any atom is 0.325 e. The molecule has 0 aromatic heterocycles. The summed E-state index contributed by atoms with van der Waals surface area (Å²) in [6.07, 6.45) is 1.61. The van der Waals surface area contributed by atoms with E-state index in [0.29, 0.717) is 23.6 Å². The molecule has 2 rings (SSSR count). The number of ether oxygens (including phenoxy) is 2. The number of hydrogen-bond donors (Lipinski definition) is 2. The molecule has 1 unspecified atom stereocenters. The summed E-state index contributed by atoms with van der Waals surface area (Å²) in [6, 6.07) is 4.32. The van der Waals surface area contributed by atoms with Crippen molar-refractivity contribution < 1.29 is 19.4 Å². The van der Waals surface area contributed by atoms with Gasteiger partial charge in [-0.15, -0.1) is 6.58 Å². The molecule has 1 aliphatic heterocycles. The predicted octanol–water partition coefficient (Wildman–Crippen LogP) is 1.32. The van der Waals surface area contributed by atoms with Crippen LogP contribution in [0.3, 0.4) is 0 Å². The molecule has 1 heterocycles. The fourth-order valence-corrected chi connectivity index (χ4v) is 1.64. The lowest BCUT2D eigenvalue weighted by Gasteiger charge is -2.13. The fourth-order valence-electron chi connectivity index (χ4n) is 1.64. The van der Waals surface area contributed by atoms with Gasteiger partial charge in [-0.2, -0.15) is 0 Å². The van der Waals surface area contributed by atoms with Crippen molar-refractivity contribution in [2.75, 3.05) is 13.3 Å². The van der Waals surface area contributed by atoms with E-state index in [4.69, 9.17) is 14.6 Å². The van der Waals surface area contributed by atoms with Crippen LogP contribution in [0, 0.1) is 0 Å². The van der Waals surface area contributed by atoms with Gasteiger partial charge >= 0.3 is 5.97 Å². The summed E-state index contributed by atoms with van der Waals surface area (Å²) < 4.78 is 10.4. The van der Waals surface area contributed by atoms with Crippen LogP contribution in [0.15, 0.2) is 30.9 Å². The molecular weight excluding hydrogens is 222 g/mol. The minimum absolute atomic E-state index is 0.177. The van der Waals surface area contributed by atoms with E-state index in [2.05, 4.69) is 11.9 Å². The molecule has 2 N–H and O–H groups in total. The molecular formula is C12H13NO4.